The molecule has 1 fully saturated rings. The van der Waals surface area contributed by atoms with Gasteiger partial charge in [0.15, 0.2) is 5.96 Å². The minimum absolute atomic E-state index is 0.0463. The van der Waals surface area contributed by atoms with Crippen LogP contribution in [0.4, 0.5) is 0 Å². The molecule has 0 radical (unpaired) electrons. The van der Waals surface area contributed by atoms with E-state index in [4.69, 9.17) is 0 Å². The fraction of sp³-hybridized carbons (Fsp3) is 0.652. The van der Waals surface area contributed by atoms with Crippen LogP contribution >= 0.6 is 0 Å². The summed E-state index contributed by atoms with van der Waals surface area (Å²) in [5, 5.41) is 9.37. The predicted molar refractivity (Wildman–Crippen MR) is 121 cm³/mol. The van der Waals surface area contributed by atoms with Crippen LogP contribution in [-0.2, 0) is 17.9 Å². The topological polar surface area (TPSA) is 68.8 Å². The molecule has 0 atom stereocenters. The van der Waals surface area contributed by atoms with Crippen LogP contribution in [0.1, 0.15) is 64.0 Å². The van der Waals surface area contributed by atoms with E-state index in [2.05, 4.69) is 57.2 Å². The number of hydrogen-bond donors (Lipinski definition) is 3. The molecule has 2 rings (SSSR count). The van der Waals surface area contributed by atoms with E-state index in [0.29, 0.717) is 18.5 Å². The van der Waals surface area contributed by atoms with Gasteiger partial charge in [0.25, 0.3) is 0 Å². The first-order valence-corrected chi connectivity index (χ1v) is 10.8. The maximum atomic E-state index is 12.0. The summed E-state index contributed by atoms with van der Waals surface area (Å²) < 4.78 is 0. The van der Waals surface area contributed by atoms with Crippen molar-refractivity contribution < 1.29 is 4.79 Å². The number of carbonyl (C=O) groups is 1. The number of rotatable bonds is 7. The summed E-state index contributed by atoms with van der Waals surface area (Å²) in [4.78, 5) is 18.8. The molecule has 3 N–H and O–H groups in total. The van der Waals surface area contributed by atoms with Gasteiger partial charge in [0.2, 0.25) is 5.91 Å². The highest BCUT2D eigenvalue weighted by Crippen LogP contribution is 2.23. The molecule has 1 saturated carbocycles. The van der Waals surface area contributed by atoms with Gasteiger partial charge in [-0.25, -0.2) is 0 Å². The van der Waals surface area contributed by atoms with Crippen molar-refractivity contribution >= 4 is 11.9 Å². The summed E-state index contributed by atoms with van der Waals surface area (Å²) in [5.41, 5.74) is 2.37. The van der Waals surface area contributed by atoms with Gasteiger partial charge in [-0.3, -0.25) is 14.7 Å². The third-order valence-electron chi connectivity index (χ3n) is 5.34. The van der Waals surface area contributed by atoms with Gasteiger partial charge in [0, 0.05) is 31.7 Å². The second kappa shape index (κ2) is 11.2. The van der Waals surface area contributed by atoms with Crippen molar-refractivity contribution in [2.24, 2.45) is 4.99 Å². The lowest BCUT2D eigenvalue weighted by Gasteiger charge is -2.31. The largest absolute Gasteiger partial charge is 0.352 e. The van der Waals surface area contributed by atoms with E-state index < -0.39 is 0 Å². The molecule has 1 amide bonds. The third-order valence-corrected chi connectivity index (χ3v) is 5.34. The zero-order chi connectivity index (χ0) is 21.3. The standard InChI is InChI=1S/C23H39N5O/c1-23(2,3)27-21(29)16-26-22(24-4)25-15-18-11-9-10-12-19(18)17-28(5)20-13-7-6-8-14-20/h9-12,20H,6-8,13-17H2,1-5H3,(H,27,29)(H2,24,25,26). The number of aliphatic imine (C=N–C) groups is 1. The van der Waals surface area contributed by atoms with Crippen molar-refractivity contribution in [3.8, 4) is 0 Å². The highest BCUT2D eigenvalue weighted by Gasteiger charge is 2.19. The quantitative estimate of drug-likeness (QED) is 0.485. The number of nitrogens with one attached hydrogen (secondary N) is 3. The molecule has 0 aliphatic heterocycles. The average Bonchev–Trinajstić information content (AvgIpc) is 2.68. The Morgan fingerprint density at radius 3 is 2.38 bits per heavy atom. The molecule has 0 spiro atoms. The molecule has 0 heterocycles. The van der Waals surface area contributed by atoms with Crippen LogP contribution in [0, 0.1) is 0 Å². The molecule has 162 valence electrons. The van der Waals surface area contributed by atoms with Crippen LogP contribution in [-0.4, -0.2) is 49.0 Å². The minimum atomic E-state index is -0.237. The Hall–Kier alpha value is -2.08. The molecule has 6 nitrogen and oxygen atoms in total. The Morgan fingerprint density at radius 2 is 1.76 bits per heavy atom. The number of amides is 1. The van der Waals surface area contributed by atoms with Gasteiger partial charge >= 0.3 is 0 Å². The van der Waals surface area contributed by atoms with E-state index in [9.17, 15) is 4.79 Å². The van der Waals surface area contributed by atoms with E-state index in [1.54, 1.807) is 7.05 Å². The van der Waals surface area contributed by atoms with Crippen LogP contribution in [0.3, 0.4) is 0 Å². The molecule has 1 aromatic carbocycles. The van der Waals surface area contributed by atoms with E-state index in [-0.39, 0.29) is 18.0 Å². The maximum absolute atomic E-state index is 12.0. The second-order valence-electron chi connectivity index (χ2n) is 9.05. The minimum Gasteiger partial charge on any atom is -0.352 e. The van der Waals surface area contributed by atoms with Crippen LogP contribution < -0.4 is 16.0 Å². The van der Waals surface area contributed by atoms with Gasteiger partial charge in [-0.1, -0.05) is 43.5 Å². The lowest BCUT2D eigenvalue weighted by molar-refractivity contribution is -0.121. The molecule has 0 aromatic heterocycles. The second-order valence-corrected chi connectivity index (χ2v) is 9.05. The van der Waals surface area contributed by atoms with E-state index in [0.717, 1.165) is 6.54 Å². The Morgan fingerprint density at radius 1 is 1.10 bits per heavy atom. The highest BCUT2D eigenvalue weighted by molar-refractivity contribution is 5.86. The Kier molecular flexibility index (Phi) is 8.96. The molecule has 1 aliphatic carbocycles. The zero-order valence-corrected chi connectivity index (χ0v) is 18.8. The number of guanidine groups is 1. The first kappa shape index (κ1) is 23.2. The van der Waals surface area contributed by atoms with Crippen molar-refractivity contribution in [2.75, 3.05) is 20.6 Å². The van der Waals surface area contributed by atoms with Gasteiger partial charge in [-0.2, -0.15) is 0 Å². The van der Waals surface area contributed by atoms with Gasteiger partial charge in [-0.05, 0) is 51.8 Å². The van der Waals surface area contributed by atoms with Gasteiger partial charge in [0.1, 0.15) is 0 Å². The average molecular weight is 402 g/mol. The van der Waals surface area contributed by atoms with Crippen molar-refractivity contribution in [1.82, 2.24) is 20.9 Å². The van der Waals surface area contributed by atoms with E-state index in [1.165, 1.54) is 43.2 Å². The molecule has 0 unspecified atom stereocenters. The normalized spacial score (nSPS) is 16.0. The van der Waals surface area contributed by atoms with Crippen LogP contribution in [0.25, 0.3) is 0 Å². The Balaban J connectivity index is 1.88. The molecule has 1 aliphatic rings. The first-order chi connectivity index (χ1) is 13.8. The van der Waals surface area contributed by atoms with Crippen LogP contribution in [0.2, 0.25) is 0 Å². The van der Waals surface area contributed by atoms with Gasteiger partial charge in [-0.15, -0.1) is 0 Å². The number of carbonyl (C=O) groups excluding carboxylic acids is 1. The fourth-order valence-electron chi connectivity index (χ4n) is 3.83. The van der Waals surface area contributed by atoms with E-state index in [1.807, 2.05) is 20.8 Å². The van der Waals surface area contributed by atoms with Crippen LogP contribution in [0.5, 0.6) is 0 Å². The highest BCUT2D eigenvalue weighted by atomic mass is 16.2. The first-order valence-electron chi connectivity index (χ1n) is 10.8. The van der Waals surface area contributed by atoms with Crippen molar-refractivity contribution in [3.63, 3.8) is 0 Å². The lowest BCUT2D eigenvalue weighted by atomic mass is 9.94. The Labute approximate surface area is 176 Å². The Bertz CT molecular complexity index is 674. The van der Waals surface area contributed by atoms with Crippen molar-refractivity contribution in [3.05, 3.63) is 35.4 Å². The molecule has 1 aromatic rings. The number of benzene rings is 1. The van der Waals surface area contributed by atoms with Gasteiger partial charge < -0.3 is 16.0 Å². The third kappa shape index (κ3) is 8.44. The predicted octanol–water partition coefficient (Wildman–Crippen LogP) is 3.03. The molecular formula is C23H39N5O. The monoisotopic (exact) mass is 401 g/mol. The smallest absolute Gasteiger partial charge is 0.239 e. The van der Waals surface area contributed by atoms with Gasteiger partial charge in [0.05, 0.1) is 6.54 Å². The van der Waals surface area contributed by atoms with Crippen molar-refractivity contribution in [2.45, 2.75) is 77.5 Å². The SMILES string of the molecule is CN=C(NCC(=O)NC(C)(C)C)NCc1ccccc1CN(C)C1CCCCC1. The summed E-state index contributed by atoms with van der Waals surface area (Å²) in [6.45, 7) is 7.75. The summed E-state index contributed by atoms with van der Waals surface area (Å²) in [7, 11) is 3.97. The zero-order valence-electron chi connectivity index (χ0n) is 18.8. The molecule has 6 heteroatoms. The van der Waals surface area contributed by atoms with Crippen molar-refractivity contribution in [1.29, 1.82) is 0 Å². The summed E-state index contributed by atoms with van der Waals surface area (Å²) in [6.07, 6.45) is 6.70. The molecular weight excluding hydrogens is 362 g/mol. The molecule has 0 saturated heterocycles. The fourth-order valence-corrected chi connectivity index (χ4v) is 3.83. The number of nitrogens with zero attached hydrogens (tertiary/aromatic N) is 2. The summed E-state index contributed by atoms with van der Waals surface area (Å²) in [5.74, 6) is 0.583. The molecule has 29 heavy (non-hydrogen) atoms. The summed E-state index contributed by atoms with van der Waals surface area (Å²) >= 11 is 0. The van der Waals surface area contributed by atoms with Crippen LogP contribution in [0.15, 0.2) is 29.3 Å². The molecule has 0 bridgehead atoms. The van der Waals surface area contributed by atoms with E-state index >= 15 is 0 Å². The maximum Gasteiger partial charge on any atom is 0.239 e. The lowest BCUT2D eigenvalue weighted by Crippen LogP contribution is -2.48. The number of hydrogen-bond acceptors (Lipinski definition) is 3. The summed E-state index contributed by atoms with van der Waals surface area (Å²) in [6, 6.07) is 9.26.